The molecule has 2 heterocycles. The van der Waals surface area contributed by atoms with Crippen LogP contribution in [0.4, 0.5) is 11.8 Å². The summed E-state index contributed by atoms with van der Waals surface area (Å²) in [5.41, 5.74) is 2.67. The van der Waals surface area contributed by atoms with E-state index in [-0.39, 0.29) is 0 Å². The van der Waals surface area contributed by atoms with Crippen LogP contribution >= 0.6 is 0 Å². The van der Waals surface area contributed by atoms with Crippen molar-refractivity contribution in [3.8, 4) is 0 Å². The summed E-state index contributed by atoms with van der Waals surface area (Å²) in [6.45, 7) is 3.31. The minimum atomic E-state index is -0.680. The van der Waals surface area contributed by atoms with Gasteiger partial charge in [-0.15, -0.1) is 0 Å². The average molecular weight is 273 g/mol. The zero-order valence-electron chi connectivity index (χ0n) is 11.5. The Kier molecular flexibility index (Phi) is 3.19. The third-order valence-electron chi connectivity index (χ3n) is 3.69. The molecule has 1 aromatic heterocycles. The Labute approximate surface area is 117 Å². The molecule has 0 radical (unpaired) electrons. The van der Waals surface area contributed by atoms with Crippen molar-refractivity contribution in [3.05, 3.63) is 24.3 Å². The molecule has 1 aliphatic rings. The van der Waals surface area contributed by atoms with Gasteiger partial charge in [-0.1, -0.05) is 12.1 Å². The first kappa shape index (κ1) is 13.1. The van der Waals surface area contributed by atoms with Gasteiger partial charge < -0.3 is 10.0 Å². The number of aromatic nitrogens is 2. The van der Waals surface area contributed by atoms with Crippen LogP contribution < -0.4 is 16.2 Å². The number of nitrogens with two attached hydrogens (primary N) is 1. The van der Waals surface area contributed by atoms with Crippen molar-refractivity contribution in [2.75, 3.05) is 23.4 Å². The van der Waals surface area contributed by atoms with Crippen LogP contribution in [0.5, 0.6) is 0 Å². The molecule has 0 saturated carbocycles. The third kappa shape index (κ3) is 2.39. The highest BCUT2D eigenvalue weighted by atomic mass is 16.3. The largest absolute Gasteiger partial charge is 0.388 e. The van der Waals surface area contributed by atoms with Crippen LogP contribution in [0.3, 0.4) is 0 Å². The molecule has 0 amide bonds. The van der Waals surface area contributed by atoms with Gasteiger partial charge in [-0.05, 0) is 31.9 Å². The average Bonchev–Trinajstić information content (AvgIpc) is 2.45. The monoisotopic (exact) mass is 273 g/mol. The quantitative estimate of drug-likeness (QED) is 0.564. The summed E-state index contributed by atoms with van der Waals surface area (Å²) >= 11 is 0. The molecular weight excluding hydrogens is 254 g/mol. The Bertz CT molecular complexity index is 628. The van der Waals surface area contributed by atoms with Crippen LogP contribution in [0.15, 0.2) is 24.3 Å². The van der Waals surface area contributed by atoms with Gasteiger partial charge in [0.05, 0.1) is 11.1 Å². The summed E-state index contributed by atoms with van der Waals surface area (Å²) in [6, 6.07) is 7.83. The Morgan fingerprint density at radius 1 is 1.35 bits per heavy atom. The van der Waals surface area contributed by atoms with Gasteiger partial charge in [0, 0.05) is 18.5 Å². The van der Waals surface area contributed by atoms with Crippen molar-refractivity contribution in [1.29, 1.82) is 0 Å². The van der Waals surface area contributed by atoms with Crippen LogP contribution in [0, 0.1) is 0 Å². The lowest BCUT2D eigenvalue weighted by molar-refractivity contribution is 0.0448. The SMILES string of the molecule is CC1(O)CCCN(c2nc(NN)nc3ccccc23)C1. The summed E-state index contributed by atoms with van der Waals surface area (Å²) in [5, 5.41) is 11.3. The Morgan fingerprint density at radius 2 is 2.15 bits per heavy atom. The molecule has 1 unspecified atom stereocenters. The van der Waals surface area contributed by atoms with Crippen molar-refractivity contribution in [1.82, 2.24) is 9.97 Å². The molecule has 3 rings (SSSR count). The van der Waals surface area contributed by atoms with E-state index >= 15 is 0 Å². The Hall–Kier alpha value is -1.92. The highest BCUT2D eigenvalue weighted by molar-refractivity contribution is 5.90. The topological polar surface area (TPSA) is 87.3 Å². The molecule has 4 N–H and O–H groups in total. The first-order chi connectivity index (χ1) is 9.59. The lowest BCUT2D eigenvalue weighted by Crippen LogP contribution is -2.46. The second kappa shape index (κ2) is 4.88. The number of hydrogen-bond donors (Lipinski definition) is 3. The number of piperidine rings is 1. The molecule has 0 bridgehead atoms. The lowest BCUT2D eigenvalue weighted by atomic mass is 9.95. The number of para-hydroxylation sites is 1. The maximum absolute atomic E-state index is 10.3. The van der Waals surface area contributed by atoms with Gasteiger partial charge in [-0.3, -0.25) is 5.43 Å². The van der Waals surface area contributed by atoms with E-state index in [2.05, 4.69) is 20.3 Å². The number of aliphatic hydroxyl groups is 1. The number of benzene rings is 1. The second-order valence-electron chi connectivity index (χ2n) is 5.55. The van der Waals surface area contributed by atoms with Gasteiger partial charge in [0.2, 0.25) is 5.95 Å². The molecule has 1 saturated heterocycles. The summed E-state index contributed by atoms with van der Waals surface area (Å²) in [6.07, 6.45) is 1.76. The molecule has 0 aliphatic carbocycles. The molecule has 20 heavy (non-hydrogen) atoms. The minimum Gasteiger partial charge on any atom is -0.388 e. The maximum Gasteiger partial charge on any atom is 0.239 e. The number of rotatable bonds is 2. The molecule has 1 aromatic carbocycles. The highest BCUT2D eigenvalue weighted by Crippen LogP contribution is 2.30. The van der Waals surface area contributed by atoms with Gasteiger partial charge in [-0.2, -0.15) is 4.98 Å². The highest BCUT2D eigenvalue weighted by Gasteiger charge is 2.30. The molecule has 1 aliphatic heterocycles. The van der Waals surface area contributed by atoms with Crippen molar-refractivity contribution >= 4 is 22.7 Å². The molecule has 1 atom stereocenters. The molecule has 106 valence electrons. The van der Waals surface area contributed by atoms with Gasteiger partial charge in [0.25, 0.3) is 0 Å². The Balaban J connectivity index is 2.09. The summed E-state index contributed by atoms with van der Waals surface area (Å²) in [4.78, 5) is 10.9. The van der Waals surface area contributed by atoms with E-state index in [1.807, 2.05) is 31.2 Å². The number of nitrogen functional groups attached to an aromatic ring is 1. The van der Waals surface area contributed by atoms with E-state index < -0.39 is 5.60 Å². The number of hydrazine groups is 1. The van der Waals surface area contributed by atoms with Crippen LogP contribution in [-0.2, 0) is 0 Å². The summed E-state index contributed by atoms with van der Waals surface area (Å²) < 4.78 is 0. The van der Waals surface area contributed by atoms with Crippen molar-refractivity contribution in [3.63, 3.8) is 0 Å². The summed E-state index contributed by atoms with van der Waals surface area (Å²) in [5.74, 6) is 6.66. The number of anilines is 2. The molecule has 0 spiro atoms. The third-order valence-corrected chi connectivity index (χ3v) is 3.69. The number of nitrogens with zero attached hydrogens (tertiary/aromatic N) is 3. The number of β-amino-alcohol motifs (C(OH)–C–C–N with tert-alkyl or cyclic N) is 1. The first-order valence-corrected chi connectivity index (χ1v) is 6.80. The fourth-order valence-corrected chi connectivity index (χ4v) is 2.77. The van der Waals surface area contributed by atoms with E-state index in [9.17, 15) is 5.11 Å². The van der Waals surface area contributed by atoms with Crippen molar-refractivity contribution in [2.45, 2.75) is 25.4 Å². The van der Waals surface area contributed by atoms with E-state index in [4.69, 9.17) is 5.84 Å². The van der Waals surface area contributed by atoms with Crippen molar-refractivity contribution < 1.29 is 5.11 Å². The van der Waals surface area contributed by atoms with Crippen molar-refractivity contribution in [2.24, 2.45) is 5.84 Å². The van der Waals surface area contributed by atoms with E-state index in [0.717, 1.165) is 36.1 Å². The minimum absolute atomic E-state index is 0.393. The lowest BCUT2D eigenvalue weighted by Gasteiger charge is -2.38. The number of fused-ring (bicyclic) bond motifs is 1. The zero-order valence-corrected chi connectivity index (χ0v) is 11.5. The molecule has 2 aromatic rings. The van der Waals surface area contributed by atoms with E-state index in [0.29, 0.717) is 12.5 Å². The van der Waals surface area contributed by atoms with Crippen LogP contribution in [0.2, 0.25) is 0 Å². The Morgan fingerprint density at radius 3 is 2.90 bits per heavy atom. The predicted octanol–water partition coefficient (Wildman–Crippen LogP) is 1.27. The molecular formula is C14H19N5O. The van der Waals surface area contributed by atoms with E-state index in [1.54, 1.807) is 0 Å². The standard InChI is InChI=1S/C14H19N5O/c1-14(20)7-4-8-19(9-14)12-10-5-2-3-6-11(10)16-13(17-12)18-15/h2-3,5-6,20H,4,7-9,15H2,1H3,(H,16,17,18). The number of nitrogens with one attached hydrogen (secondary N) is 1. The van der Waals surface area contributed by atoms with E-state index in [1.165, 1.54) is 0 Å². The first-order valence-electron chi connectivity index (χ1n) is 6.80. The molecule has 1 fully saturated rings. The van der Waals surface area contributed by atoms with Crippen LogP contribution in [0.25, 0.3) is 10.9 Å². The van der Waals surface area contributed by atoms with Gasteiger partial charge in [0.1, 0.15) is 5.82 Å². The smallest absolute Gasteiger partial charge is 0.239 e. The van der Waals surface area contributed by atoms with Crippen LogP contribution in [-0.4, -0.2) is 33.8 Å². The maximum atomic E-state index is 10.3. The second-order valence-corrected chi connectivity index (χ2v) is 5.55. The zero-order chi connectivity index (χ0) is 14.2. The molecule has 6 nitrogen and oxygen atoms in total. The van der Waals surface area contributed by atoms with Gasteiger partial charge in [-0.25, -0.2) is 10.8 Å². The van der Waals surface area contributed by atoms with Gasteiger partial charge in [0.15, 0.2) is 0 Å². The fraction of sp³-hybridized carbons (Fsp3) is 0.429. The van der Waals surface area contributed by atoms with Gasteiger partial charge >= 0.3 is 0 Å². The fourth-order valence-electron chi connectivity index (χ4n) is 2.77. The normalized spacial score (nSPS) is 23.1. The number of hydrogen-bond acceptors (Lipinski definition) is 6. The predicted molar refractivity (Wildman–Crippen MR) is 79.4 cm³/mol. The van der Waals surface area contributed by atoms with Crippen LogP contribution in [0.1, 0.15) is 19.8 Å². The summed E-state index contributed by atoms with van der Waals surface area (Å²) in [7, 11) is 0. The molecule has 6 heteroatoms.